The number of fused-ring (bicyclic) bond motifs is 7. The summed E-state index contributed by atoms with van der Waals surface area (Å²) in [5.74, 6) is 0. The number of thiophene rings is 1. The predicted molar refractivity (Wildman–Crippen MR) is 235 cm³/mol. The third-order valence-electron chi connectivity index (χ3n) is 10.9. The van der Waals surface area contributed by atoms with Crippen LogP contribution in [0.25, 0.3) is 86.3 Å². The molecule has 2 aromatic heterocycles. The van der Waals surface area contributed by atoms with E-state index in [0.717, 1.165) is 50.1 Å². The van der Waals surface area contributed by atoms with Crippen LogP contribution in [0.1, 0.15) is 0 Å². The van der Waals surface area contributed by atoms with E-state index in [4.69, 9.17) is 4.42 Å². The van der Waals surface area contributed by atoms with E-state index in [-0.39, 0.29) is 0 Å². The lowest BCUT2D eigenvalue weighted by atomic mass is 9.97. The maximum atomic E-state index is 6.45. The molecule has 0 saturated heterocycles. The van der Waals surface area contributed by atoms with Crippen molar-refractivity contribution >= 4 is 81.3 Å². The molecule has 0 atom stereocenters. The van der Waals surface area contributed by atoms with Crippen LogP contribution in [0.2, 0.25) is 0 Å². The standard InChI is InChI=1S/C52H33NOS/c1-2-12-34(13-3-1)38-16-10-17-41(33-38)53(40-28-26-36(27-29-40)42-20-11-21-45-44-18-6-8-22-48(44)54-51(42)45)47-31-30-43(39-25-24-35-14-4-5-15-37(35)32-39)52-50(47)46-19-7-9-23-49(46)55-52/h1-33H. The number of hydrogen-bond acceptors (Lipinski definition) is 3. The molecule has 2 nitrogen and oxygen atoms in total. The molecule has 3 heteroatoms. The second-order valence-corrected chi connectivity index (χ2v) is 15.1. The van der Waals surface area contributed by atoms with E-state index in [1.807, 2.05) is 23.5 Å². The molecular formula is C52H33NOS. The fraction of sp³-hybridized carbons (Fsp3) is 0. The Kier molecular flexibility index (Phi) is 7.39. The van der Waals surface area contributed by atoms with Crippen LogP contribution in [0.15, 0.2) is 205 Å². The molecule has 9 aromatic carbocycles. The van der Waals surface area contributed by atoms with Crippen LogP contribution >= 0.6 is 11.3 Å². The number of anilines is 3. The molecule has 0 aliphatic heterocycles. The first-order chi connectivity index (χ1) is 27.3. The van der Waals surface area contributed by atoms with Crippen molar-refractivity contribution in [2.24, 2.45) is 0 Å². The lowest BCUT2D eigenvalue weighted by Gasteiger charge is -2.28. The Labute approximate surface area is 322 Å². The predicted octanol–water partition coefficient (Wildman–Crippen LogP) is 15.6. The first-order valence-electron chi connectivity index (χ1n) is 18.7. The van der Waals surface area contributed by atoms with Gasteiger partial charge in [-0.2, -0.15) is 0 Å². The normalized spacial score (nSPS) is 11.6. The molecule has 0 radical (unpaired) electrons. The van der Waals surface area contributed by atoms with E-state index in [1.165, 1.54) is 53.2 Å². The van der Waals surface area contributed by atoms with Gasteiger partial charge in [0, 0.05) is 47.9 Å². The van der Waals surface area contributed by atoms with Gasteiger partial charge in [-0.05, 0) is 87.1 Å². The summed E-state index contributed by atoms with van der Waals surface area (Å²) in [4.78, 5) is 2.43. The summed E-state index contributed by atoms with van der Waals surface area (Å²) in [6, 6.07) is 72.2. The fourth-order valence-electron chi connectivity index (χ4n) is 8.23. The Balaban J connectivity index is 1.12. The first kappa shape index (κ1) is 31.6. The second kappa shape index (κ2) is 12.9. The zero-order valence-electron chi connectivity index (χ0n) is 29.8. The van der Waals surface area contributed by atoms with Gasteiger partial charge < -0.3 is 9.32 Å². The highest BCUT2D eigenvalue weighted by molar-refractivity contribution is 7.26. The Morgan fingerprint density at radius 1 is 0.400 bits per heavy atom. The van der Waals surface area contributed by atoms with E-state index in [0.29, 0.717) is 0 Å². The summed E-state index contributed by atoms with van der Waals surface area (Å²) >= 11 is 1.88. The van der Waals surface area contributed by atoms with Gasteiger partial charge in [-0.25, -0.2) is 0 Å². The summed E-state index contributed by atoms with van der Waals surface area (Å²) in [5, 5.41) is 7.29. The average molecular weight is 720 g/mol. The van der Waals surface area contributed by atoms with Crippen LogP contribution in [-0.2, 0) is 0 Å². The van der Waals surface area contributed by atoms with Crippen molar-refractivity contribution in [1.82, 2.24) is 0 Å². The molecule has 11 aromatic rings. The van der Waals surface area contributed by atoms with E-state index in [9.17, 15) is 0 Å². The van der Waals surface area contributed by atoms with Gasteiger partial charge in [0.05, 0.1) is 5.69 Å². The van der Waals surface area contributed by atoms with E-state index >= 15 is 0 Å². The van der Waals surface area contributed by atoms with Crippen LogP contribution < -0.4 is 4.90 Å². The van der Waals surface area contributed by atoms with Crippen molar-refractivity contribution in [3.63, 3.8) is 0 Å². The lowest BCUT2D eigenvalue weighted by molar-refractivity contribution is 0.670. The Bertz CT molecular complexity index is 3210. The van der Waals surface area contributed by atoms with Gasteiger partial charge in [0.2, 0.25) is 0 Å². The lowest BCUT2D eigenvalue weighted by Crippen LogP contribution is -2.10. The number of nitrogens with zero attached hydrogens (tertiary/aromatic N) is 1. The molecule has 258 valence electrons. The number of furan rings is 1. The topological polar surface area (TPSA) is 16.4 Å². The third-order valence-corrected chi connectivity index (χ3v) is 12.1. The number of benzene rings is 9. The molecular weight excluding hydrogens is 687 g/mol. The van der Waals surface area contributed by atoms with Crippen LogP contribution in [0.3, 0.4) is 0 Å². The smallest absolute Gasteiger partial charge is 0.143 e. The van der Waals surface area contributed by atoms with Gasteiger partial charge >= 0.3 is 0 Å². The molecule has 0 saturated carbocycles. The Hall–Kier alpha value is -6.94. The summed E-state index contributed by atoms with van der Waals surface area (Å²) in [7, 11) is 0. The van der Waals surface area contributed by atoms with Gasteiger partial charge in [0.1, 0.15) is 11.2 Å². The summed E-state index contributed by atoms with van der Waals surface area (Å²) in [6.07, 6.45) is 0. The number of rotatable bonds is 6. The van der Waals surface area contributed by atoms with Crippen molar-refractivity contribution < 1.29 is 4.42 Å². The molecule has 0 bridgehead atoms. The summed E-state index contributed by atoms with van der Waals surface area (Å²) < 4.78 is 9.01. The molecule has 0 amide bonds. The highest BCUT2D eigenvalue weighted by Crippen LogP contribution is 2.49. The van der Waals surface area contributed by atoms with Gasteiger partial charge in [-0.3, -0.25) is 0 Å². The monoisotopic (exact) mass is 719 g/mol. The number of hydrogen-bond donors (Lipinski definition) is 0. The van der Waals surface area contributed by atoms with E-state index < -0.39 is 0 Å². The Morgan fingerprint density at radius 2 is 1.11 bits per heavy atom. The van der Waals surface area contributed by atoms with Crippen molar-refractivity contribution in [2.75, 3.05) is 4.90 Å². The highest BCUT2D eigenvalue weighted by Gasteiger charge is 2.22. The summed E-state index contributed by atoms with van der Waals surface area (Å²) in [5.41, 5.74) is 12.2. The van der Waals surface area contributed by atoms with Crippen LogP contribution in [0.5, 0.6) is 0 Å². The van der Waals surface area contributed by atoms with Crippen LogP contribution in [0, 0.1) is 0 Å². The molecule has 0 spiro atoms. The zero-order chi connectivity index (χ0) is 36.3. The van der Waals surface area contributed by atoms with Gasteiger partial charge in [-0.1, -0.05) is 152 Å². The van der Waals surface area contributed by atoms with Crippen molar-refractivity contribution in [1.29, 1.82) is 0 Å². The molecule has 0 aliphatic rings. The molecule has 11 rings (SSSR count). The van der Waals surface area contributed by atoms with Crippen LogP contribution in [-0.4, -0.2) is 0 Å². The third kappa shape index (κ3) is 5.32. The zero-order valence-corrected chi connectivity index (χ0v) is 30.6. The van der Waals surface area contributed by atoms with Crippen molar-refractivity contribution in [3.8, 4) is 33.4 Å². The van der Waals surface area contributed by atoms with E-state index in [2.05, 4.69) is 193 Å². The van der Waals surface area contributed by atoms with E-state index in [1.54, 1.807) is 0 Å². The second-order valence-electron chi connectivity index (χ2n) is 14.1. The van der Waals surface area contributed by atoms with Crippen molar-refractivity contribution in [2.45, 2.75) is 0 Å². The molecule has 0 unspecified atom stereocenters. The van der Waals surface area contributed by atoms with Crippen molar-refractivity contribution in [3.05, 3.63) is 200 Å². The Morgan fingerprint density at radius 3 is 2.00 bits per heavy atom. The molecule has 55 heavy (non-hydrogen) atoms. The summed E-state index contributed by atoms with van der Waals surface area (Å²) in [6.45, 7) is 0. The molecule has 2 heterocycles. The van der Waals surface area contributed by atoms with Gasteiger partial charge in [-0.15, -0.1) is 11.3 Å². The quantitative estimate of drug-likeness (QED) is 0.170. The minimum absolute atomic E-state index is 0.908. The maximum absolute atomic E-state index is 6.45. The molecule has 0 N–H and O–H groups in total. The minimum atomic E-state index is 0.908. The van der Waals surface area contributed by atoms with Gasteiger partial charge in [0.25, 0.3) is 0 Å². The largest absolute Gasteiger partial charge is 0.455 e. The number of para-hydroxylation sites is 2. The molecule has 0 aliphatic carbocycles. The molecule has 0 fully saturated rings. The maximum Gasteiger partial charge on any atom is 0.143 e. The van der Waals surface area contributed by atoms with Crippen LogP contribution in [0.4, 0.5) is 17.1 Å². The first-order valence-corrected chi connectivity index (χ1v) is 19.5. The van der Waals surface area contributed by atoms with Gasteiger partial charge in [0.15, 0.2) is 0 Å². The minimum Gasteiger partial charge on any atom is -0.455 e. The average Bonchev–Trinajstić information content (AvgIpc) is 3.84. The highest BCUT2D eigenvalue weighted by atomic mass is 32.1. The fourth-order valence-corrected chi connectivity index (χ4v) is 9.49. The SMILES string of the molecule is c1ccc(-c2cccc(N(c3ccc(-c4cccc5c4oc4ccccc45)cc3)c3ccc(-c4ccc5ccccc5c4)c4sc5ccccc5c34)c2)cc1.